The van der Waals surface area contributed by atoms with E-state index in [-0.39, 0.29) is 27.0 Å². The van der Waals surface area contributed by atoms with E-state index in [0.717, 1.165) is 18.5 Å². The van der Waals surface area contributed by atoms with Gasteiger partial charge in [-0.1, -0.05) is 23.2 Å². The quantitative estimate of drug-likeness (QED) is 0.763. The normalized spacial score (nSPS) is 15.2. The standard InChI is InChI=1S/C17H20Cl2N4O3S/c1-2-23-12(5-6-21-23)11-20-17(24)13-9-16(15(19)10-14(13)18)27(25,26)22-7-3-4-8-22/h5-6,9-10H,2-4,7-8,11H2,1H3,(H,20,24). The Hall–Kier alpha value is -1.61. The van der Waals surface area contributed by atoms with Crippen molar-refractivity contribution in [2.24, 2.45) is 0 Å². The van der Waals surface area contributed by atoms with Crippen molar-refractivity contribution in [1.82, 2.24) is 19.4 Å². The average Bonchev–Trinajstić information content (AvgIpc) is 3.31. The van der Waals surface area contributed by atoms with Crippen molar-refractivity contribution in [2.75, 3.05) is 13.1 Å². The Labute approximate surface area is 168 Å². The summed E-state index contributed by atoms with van der Waals surface area (Å²) in [5, 5.41) is 7.00. The highest BCUT2D eigenvalue weighted by atomic mass is 35.5. The molecule has 27 heavy (non-hydrogen) atoms. The van der Waals surface area contributed by atoms with Crippen LogP contribution in [0.1, 0.15) is 35.8 Å². The third-order valence-corrected chi connectivity index (χ3v) is 7.16. The van der Waals surface area contributed by atoms with Gasteiger partial charge in [-0.2, -0.15) is 9.40 Å². The van der Waals surface area contributed by atoms with E-state index >= 15 is 0 Å². The molecule has 0 unspecified atom stereocenters. The van der Waals surface area contributed by atoms with Gasteiger partial charge in [0.15, 0.2) is 0 Å². The third-order valence-electron chi connectivity index (χ3n) is 4.48. The Morgan fingerprint density at radius 2 is 1.93 bits per heavy atom. The molecule has 1 fully saturated rings. The molecule has 10 heteroatoms. The summed E-state index contributed by atoms with van der Waals surface area (Å²) in [6.45, 7) is 3.77. The van der Waals surface area contributed by atoms with Crippen LogP contribution in [0.2, 0.25) is 10.0 Å². The lowest BCUT2D eigenvalue weighted by Crippen LogP contribution is -2.29. The number of benzene rings is 1. The van der Waals surface area contributed by atoms with E-state index in [0.29, 0.717) is 19.6 Å². The lowest BCUT2D eigenvalue weighted by molar-refractivity contribution is 0.0950. The number of halogens is 2. The second-order valence-electron chi connectivity index (χ2n) is 6.19. The van der Waals surface area contributed by atoms with Crippen LogP contribution in [-0.2, 0) is 23.1 Å². The fourth-order valence-electron chi connectivity index (χ4n) is 3.03. The summed E-state index contributed by atoms with van der Waals surface area (Å²) in [7, 11) is -3.76. The van der Waals surface area contributed by atoms with Crippen LogP contribution in [0.5, 0.6) is 0 Å². The van der Waals surface area contributed by atoms with Crippen LogP contribution < -0.4 is 5.32 Å². The number of nitrogens with zero attached hydrogens (tertiary/aromatic N) is 3. The molecule has 7 nitrogen and oxygen atoms in total. The first-order chi connectivity index (χ1) is 12.8. The summed E-state index contributed by atoms with van der Waals surface area (Å²) in [5.74, 6) is -0.474. The van der Waals surface area contributed by atoms with Gasteiger partial charge in [0.1, 0.15) is 4.90 Å². The van der Waals surface area contributed by atoms with Gasteiger partial charge < -0.3 is 5.32 Å². The number of amides is 1. The zero-order valence-electron chi connectivity index (χ0n) is 14.8. The SMILES string of the molecule is CCn1nccc1CNC(=O)c1cc(S(=O)(=O)N2CCCC2)c(Cl)cc1Cl. The van der Waals surface area contributed by atoms with Gasteiger partial charge in [0.05, 0.1) is 27.8 Å². The average molecular weight is 431 g/mol. The maximum absolute atomic E-state index is 12.8. The van der Waals surface area contributed by atoms with Crippen LogP contribution in [0.15, 0.2) is 29.3 Å². The van der Waals surface area contributed by atoms with Crippen molar-refractivity contribution in [3.05, 3.63) is 45.7 Å². The summed E-state index contributed by atoms with van der Waals surface area (Å²) in [6, 6.07) is 4.36. The largest absolute Gasteiger partial charge is 0.346 e. The van der Waals surface area contributed by atoms with Crippen molar-refractivity contribution in [2.45, 2.75) is 37.8 Å². The van der Waals surface area contributed by atoms with E-state index in [1.807, 2.05) is 6.92 Å². The van der Waals surface area contributed by atoms with Gasteiger partial charge in [0, 0.05) is 25.8 Å². The molecule has 1 aliphatic rings. The molecule has 0 atom stereocenters. The Morgan fingerprint density at radius 1 is 1.22 bits per heavy atom. The van der Waals surface area contributed by atoms with Gasteiger partial charge in [0.2, 0.25) is 10.0 Å². The van der Waals surface area contributed by atoms with Gasteiger partial charge >= 0.3 is 0 Å². The first-order valence-corrected chi connectivity index (χ1v) is 10.8. The van der Waals surface area contributed by atoms with Crippen molar-refractivity contribution in [1.29, 1.82) is 0 Å². The van der Waals surface area contributed by atoms with Crippen molar-refractivity contribution < 1.29 is 13.2 Å². The van der Waals surface area contributed by atoms with Crippen LogP contribution in [-0.4, -0.2) is 41.5 Å². The second kappa shape index (κ2) is 8.18. The number of aromatic nitrogens is 2. The molecule has 1 aromatic carbocycles. The summed E-state index contributed by atoms with van der Waals surface area (Å²) in [6.07, 6.45) is 3.27. The fraction of sp³-hybridized carbons (Fsp3) is 0.412. The highest BCUT2D eigenvalue weighted by Crippen LogP contribution is 2.32. The molecular weight excluding hydrogens is 411 g/mol. The number of aryl methyl sites for hydroxylation is 1. The Balaban J connectivity index is 1.86. The summed E-state index contributed by atoms with van der Waals surface area (Å²) in [5.41, 5.74) is 0.905. The van der Waals surface area contributed by atoms with Gasteiger partial charge in [-0.15, -0.1) is 0 Å². The van der Waals surface area contributed by atoms with Gasteiger partial charge in [0.25, 0.3) is 5.91 Å². The zero-order valence-corrected chi connectivity index (χ0v) is 17.1. The van der Waals surface area contributed by atoms with Crippen LogP contribution >= 0.6 is 23.2 Å². The van der Waals surface area contributed by atoms with Crippen molar-refractivity contribution in [3.63, 3.8) is 0 Å². The predicted molar refractivity (Wildman–Crippen MR) is 104 cm³/mol. The number of rotatable bonds is 6. The van der Waals surface area contributed by atoms with Crippen LogP contribution in [0, 0.1) is 0 Å². The summed E-state index contributed by atoms with van der Waals surface area (Å²) in [4.78, 5) is 12.5. The number of hydrogen-bond acceptors (Lipinski definition) is 4. The van der Waals surface area contributed by atoms with E-state index in [2.05, 4.69) is 10.4 Å². The lowest BCUT2D eigenvalue weighted by atomic mass is 10.2. The minimum atomic E-state index is -3.76. The minimum absolute atomic E-state index is 0.00695. The lowest BCUT2D eigenvalue weighted by Gasteiger charge is -2.17. The Kier molecular flexibility index (Phi) is 6.10. The van der Waals surface area contributed by atoms with E-state index in [4.69, 9.17) is 23.2 Å². The molecule has 1 saturated heterocycles. The topological polar surface area (TPSA) is 84.3 Å². The molecule has 0 spiro atoms. The monoisotopic (exact) mass is 430 g/mol. The smallest absolute Gasteiger partial charge is 0.253 e. The van der Waals surface area contributed by atoms with E-state index < -0.39 is 15.9 Å². The van der Waals surface area contributed by atoms with Crippen LogP contribution in [0.3, 0.4) is 0 Å². The molecule has 1 amide bonds. The van der Waals surface area contributed by atoms with Gasteiger partial charge in [-0.3, -0.25) is 9.48 Å². The molecule has 2 aromatic rings. The van der Waals surface area contributed by atoms with E-state index in [1.165, 1.54) is 16.4 Å². The zero-order chi connectivity index (χ0) is 19.6. The molecule has 2 heterocycles. The molecule has 3 rings (SSSR count). The molecule has 1 aromatic heterocycles. The number of hydrogen-bond donors (Lipinski definition) is 1. The van der Waals surface area contributed by atoms with Gasteiger partial charge in [-0.05, 0) is 38.0 Å². The maximum atomic E-state index is 12.8. The van der Waals surface area contributed by atoms with Gasteiger partial charge in [-0.25, -0.2) is 8.42 Å². The summed E-state index contributed by atoms with van der Waals surface area (Å²) < 4.78 is 28.8. The number of carbonyl (C=O) groups is 1. The van der Waals surface area contributed by atoms with Crippen LogP contribution in [0.4, 0.5) is 0 Å². The van der Waals surface area contributed by atoms with Crippen molar-refractivity contribution in [3.8, 4) is 0 Å². The second-order valence-corrected chi connectivity index (χ2v) is 8.92. The Morgan fingerprint density at radius 3 is 2.59 bits per heavy atom. The van der Waals surface area contributed by atoms with Crippen LogP contribution in [0.25, 0.3) is 0 Å². The van der Waals surface area contributed by atoms with E-state index in [1.54, 1.807) is 16.9 Å². The number of nitrogens with one attached hydrogen (secondary N) is 1. The summed E-state index contributed by atoms with van der Waals surface area (Å²) >= 11 is 12.3. The molecule has 0 saturated carbocycles. The first-order valence-electron chi connectivity index (χ1n) is 8.62. The molecule has 0 bridgehead atoms. The molecule has 146 valence electrons. The highest BCUT2D eigenvalue weighted by molar-refractivity contribution is 7.89. The molecule has 0 aliphatic carbocycles. The fourth-order valence-corrected chi connectivity index (χ4v) is 5.38. The first kappa shape index (κ1) is 20.1. The molecular formula is C17H20Cl2N4O3S. The Bertz CT molecular complexity index is 953. The van der Waals surface area contributed by atoms with E-state index in [9.17, 15) is 13.2 Å². The minimum Gasteiger partial charge on any atom is -0.346 e. The molecule has 0 radical (unpaired) electrons. The van der Waals surface area contributed by atoms with Crippen molar-refractivity contribution >= 4 is 39.1 Å². The highest BCUT2D eigenvalue weighted by Gasteiger charge is 2.30. The molecule has 1 aliphatic heterocycles. The predicted octanol–water partition coefficient (Wildman–Crippen LogP) is 2.92. The maximum Gasteiger partial charge on any atom is 0.253 e. The third kappa shape index (κ3) is 4.13. The number of carbonyl (C=O) groups excluding carboxylic acids is 1. The molecule has 1 N–H and O–H groups in total. The number of sulfonamides is 1.